The second-order valence-corrected chi connectivity index (χ2v) is 8.45. The fourth-order valence-electron chi connectivity index (χ4n) is 3.08. The lowest BCUT2D eigenvalue weighted by atomic mass is 10.2. The van der Waals surface area contributed by atoms with E-state index in [1.54, 1.807) is 29.2 Å². The van der Waals surface area contributed by atoms with E-state index in [2.05, 4.69) is 0 Å². The molecular weight excluding hydrogens is 345 g/mol. The normalized spacial score (nSPS) is 19.0. The first-order valence-corrected chi connectivity index (χ1v) is 10.1. The zero-order valence-electron chi connectivity index (χ0n) is 13.9. The van der Waals surface area contributed by atoms with Gasteiger partial charge in [-0.25, -0.2) is 12.8 Å². The SMILES string of the molecule is CCCN(C(=O)c1ccc(-c2ccc(F)cc2)o1)C1CCS(=O)(=O)C1. The van der Waals surface area contributed by atoms with Gasteiger partial charge in [0.15, 0.2) is 15.6 Å². The first-order chi connectivity index (χ1) is 11.9. The average Bonchev–Trinajstić information content (AvgIpc) is 3.19. The topological polar surface area (TPSA) is 67.6 Å². The van der Waals surface area contributed by atoms with Crippen LogP contribution in [-0.4, -0.2) is 43.3 Å². The molecule has 7 heteroatoms. The lowest BCUT2D eigenvalue weighted by molar-refractivity contribution is 0.0665. The van der Waals surface area contributed by atoms with Crippen LogP contribution in [-0.2, 0) is 9.84 Å². The molecule has 1 unspecified atom stereocenters. The number of hydrogen-bond acceptors (Lipinski definition) is 4. The molecule has 1 aliphatic rings. The van der Waals surface area contributed by atoms with Gasteiger partial charge in [0, 0.05) is 18.2 Å². The van der Waals surface area contributed by atoms with Crippen molar-refractivity contribution in [1.82, 2.24) is 4.90 Å². The van der Waals surface area contributed by atoms with E-state index in [1.165, 1.54) is 12.1 Å². The largest absolute Gasteiger partial charge is 0.451 e. The Balaban J connectivity index is 1.82. The third-order valence-electron chi connectivity index (χ3n) is 4.32. The molecule has 2 aromatic rings. The molecular formula is C18H20FNO4S. The molecule has 1 atom stereocenters. The van der Waals surface area contributed by atoms with Crippen molar-refractivity contribution in [1.29, 1.82) is 0 Å². The van der Waals surface area contributed by atoms with E-state index in [-0.39, 0.29) is 35.0 Å². The van der Waals surface area contributed by atoms with Crippen molar-refractivity contribution in [2.24, 2.45) is 0 Å². The van der Waals surface area contributed by atoms with Crippen LogP contribution in [0.3, 0.4) is 0 Å². The van der Waals surface area contributed by atoms with Crippen LogP contribution in [0.2, 0.25) is 0 Å². The van der Waals surface area contributed by atoms with Crippen LogP contribution in [0.5, 0.6) is 0 Å². The van der Waals surface area contributed by atoms with Gasteiger partial charge < -0.3 is 9.32 Å². The highest BCUT2D eigenvalue weighted by Gasteiger charge is 2.35. The van der Waals surface area contributed by atoms with E-state index in [0.29, 0.717) is 24.3 Å². The molecule has 0 N–H and O–H groups in total. The van der Waals surface area contributed by atoms with E-state index >= 15 is 0 Å². The van der Waals surface area contributed by atoms with Crippen LogP contribution in [0.1, 0.15) is 30.3 Å². The quantitative estimate of drug-likeness (QED) is 0.816. The minimum Gasteiger partial charge on any atom is -0.451 e. The summed E-state index contributed by atoms with van der Waals surface area (Å²) in [6.45, 7) is 2.42. The summed E-state index contributed by atoms with van der Waals surface area (Å²) in [5.41, 5.74) is 0.672. The Kier molecular flexibility index (Phi) is 4.94. The summed E-state index contributed by atoms with van der Waals surface area (Å²) >= 11 is 0. The zero-order valence-corrected chi connectivity index (χ0v) is 14.8. The third kappa shape index (κ3) is 3.92. The van der Waals surface area contributed by atoms with Crippen LogP contribution in [0.15, 0.2) is 40.8 Å². The van der Waals surface area contributed by atoms with Gasteiger partial charge in [0.05, 0.1) is 11.5 Å². The highest BCUT2D eigenvalue weighted by atomic mass is 32.2. The monoisotopic (exact) mass is 365 g/mol. The molecule has 0 radical (unpaired) electrons. The summed E-state index contributed by atoms with van der Waals surface area (Å²) in [6, 6.07) is 8.74. The molecule has 1 fully saturated rings. The van der Waals surface area contributed by atoms with Gasteiger partial charge in [-0.2, -0.15) is 0 Å². The molecule has 1 aliphatic heterocycles. The minimum atomic E-state index is -3.08. The number of nitrogens with zero attached hydrogens (tertiary/aromatic N) is 1. The predicted molar refractivity (Wildman–Crippen MR) is 92.5 cm³/mol. The molecule has 3 rings (SSSR count). The van der Waals surface area contributed by atoms with Crippen LogP contribution in [0.25, 0.3) is 11.3 Å². The maximum atomic E-state index is 13.0. The molecule has 1 aromatic heterocycles. The second-order valence-electron chi connectivity index (χ2n) is 6.23. The van der Waals surface area contributed by atoms with Crippen molar-refractivity contribution in [2.75, 3.05) is 18.1 Å². The fraction of sp³-hybridized carbons (Fsp3) is 0.389. The van der Waals surface area contributed by atoms with E-state index in [9.17, 15) is 17.6 Å². The van der Waals surface area contributed by atoms with Crippen LogP contribution in [0, 0.1) is 5.82 Å². The van der Waals surface area contributed by atoms with Crippen LogP contribution in [0.4, 0.5) is 4.39 Å². The molecule has 5 nitrogen and oxygen atoms in total. The third-order valence-corrected chi connectivity index (χ3v) is 6.07. The van der Waals surface area contributed by atoms with Gasteiger partial charge in [0.25, 0.3) is 5.91 Å². The molecule has 1 saturated heterocycles. The Morgan fingerprint density at radius 1 is 1.24 bits per heavy atom. The van der Waals surface area contributed by atoms with Gasteiger partial charge in [0.2, 0.25) is 0 Å². The molecule has 1 amide bonds. The van der Waals surface area contributed by atoms with Gasteiger partial charge in [-0.1, -0.05) is 6.92 Å². The van der Waals surface area contributed by atoms with Gasteiger partial charge in [-0.3, -0.25) is 4.79 Å². The molecule has 0 bridgehead atoms. The van der Waals surface area contributed by atoms with Gasteiger partial charge >= 0.3 is 0 Å². The summed E-state index contributed by atoms with van der Waals surface area (Å²) in [6.07, 6.45) is 1.19. The number of benzene rings is 1. The summed E-state index contributed by atoms with van der Waals surface area (Å²) in [4.78, 5) is 14.4. The Bertz CT molecular complexity index is 857. The van der Waals surface area contributed by atoms with E-state index in [4.69, 9.17) is 4.42 Å². The number of hydrogen-bond donors (Lipinski definition) is 0. The minimum absolute atomic E-state index is 0.00423. The van der Waals surface area contributed by atoms with Crippen molar-refractivity contribution in [3.05, 3.63) is 48.0 Å². The van der Waals surface area contributed by atoms with Gasteiger partial charge in [-0.15, -0.1) is 0 Å². The molecule has 0 aliphatic carbocycles. The Morgan fingerprint density at radius 2 is 1.96 bits per heavy atom. The predicted octanol–water partition coefficient (Wildman–Crippen LogP) is 3.13. The summed E-state index contributed by atoms with van der Waals surface area (Å²) in [7, 11) is -3.08. The highest BCUT2D eigenvalue weighted by Crippen LogP contribution is 2.25. The first-order valence-electron chi connectivity index (χ1n) is 8.27. The van der Waals surface area contributed by atoms with Gasteiger partial charge in [-0.05, 0) is 49.2 Å². The number of halogens is 1. The van der Waals surface area contributed by atoms with E-state index < -0.39 is 9.84 Å². The molecule has 134 valence electrons. The molecule has 1 aromatic carbocycles. The maximum absolute atomic E-state index is 13.0. The van der Waals surface area contributed by atoms with Crippen molar-refractivity contribution in [2.45, 2.75) is 25.8 Å². The summed E-state index contributed by atoms with van der Waals surface area (Å²) < 4.78 is 42.1. The number of rotatable bonds is 5. The van der Waals surface area contributed by atoms with Crippen molar-refractivity contribution in [3.63, 3.8) is 0 Å². The molecule has 25 heavy (non-hydrogen) atoms. The van der Waals surface area contributed by atoms with Crippen LogP contribution >= 0.6 is 0 Å². The summed E-state index contributed by atoms with van der Waals surface area (Å²) in [5.74, 6) is 0.102. The van der Waals surface area contributed by atoms with Crippen molar-refractivity contribution < 1.29 is 22.0 Å². The number of carbonyl (C=O) groups is 1. The van der Waals surface area contributed by atoms with E-state index in [1.807, 2.05) is 6.92 Å². The van der Waals surface area contributed by atoms with Crippen LogP contribution < -0.4 is 0 Å². The number of furan rings is 1. The standard InChI is InChI=1S/C18H20FNO4S/c1-2-10-20(15-9-11-25(22,23)12-15)18(21)17-8-7-16(24-17)13-3-5-14(19)6-4-13/h3-8,15H,2,9-12H2,1H3. The average molecular weight is 365 g/mol. The smallest absolute Gasteiger partial charge is 0.289 e. The van der Waals surface area contributed by atoms with Crippen molar-refractivity contribution in [3.8, 4) is 11.3 Å². The van der Waals surface area contributed by atoms with Gasteiger partial charge in [0.1, 0.15) is 11.6 Å². The fourth-order valence-corrected chi connectivity index (χ4v) is 4.81. The Labute approximate surface area is 146 Å². The zero-order chi connectivity index (χ0) is 18.0. The summed E-state index contributed by atoms with van der Waals surface area (Å²) in [5, 5.41) is 0. The Hall–Kier alpha value is -2.15. The number of amides is 1. The molecule has 0 saturated carbocycles. The van der Waals surface area contributed by atoms with E-state index in [0.717, 1.165) is 6.42 Å². The molecule has 2 heterocycles. The Morgan fingerprint density at radius 3 is 2.56 bits per heavy atom. The second kappa shape index (κ2) is 7.00. The highest BCUT2D eigenvalue weighted by molar-refractivity contribution is 7.91. The number of sulfone groups is 1. The molecule has 0 spiro atoms. The number of carbonyl (C=O) groups excluding carboxylic acids is 1. The van der Waals surface area contributed by atoms with Crippen molar-refractivity contribution >= 4 is 15.7 Å². The lowest BCUT2D eigenvalue weighted by Gasteiger charge is -2.26. The lowest BCUT2D eigenvalue weighted by Crippen LogP contribution is -2.41. The maximum Gasteiger partial charge on any atom is 0.289 e. The first kappa shape index (κ1) is 17.7.